The maximum absolute atomic E-state index is 12.3. The van der Waals surface area contributed by atoms with E-state index in [2.05, 4.69) is 0 Å². The highest BCUT2D eigenvalue weighted by molar-refractivity contribution is 7.86. The summed E-state index contributed by atoms with van der Waals surface area (Å²) in [6.07, 6.45) is 1.75. The van der Waals surface area contributed by atoms with E-state index in [9.17, 15) is 14.2 Å². The van der Waals surface area contributed by atoms with Crippen LogP contribution in [0.15, 0.2) is 17.2 Å². The minimum absolute atomic E-state index is 0.269. The first kappa shape index (κ1) is 16.3. The normalized spacial score (nSPS) is 12.3. The molecule has 0 radical (unpaired) electrons. The Kier molecular flexibility index (Phi) is 4.55. The number of benzene rings is 1. The summed E-state index contributed by atoms with van der Waals surface area (Å²) in [6.45, 7) is 10.2. The minimum atomic E-state index is -2.57. The number of aromatic hydroxyl groups is 1. The van der Waals surface area contributed by atoms with Crippen molar-refractivity contribution < 1.29 is 14.2 Å². The molecule has 0 aliphatic carbocycles. The van der Waals surface area contributed by atoms with E-state index in [0.29, 0.717) is 5.06 Å². The monoisotopic (exact) mass is 300 g/mol. The van der Waals surface area contributed by atoms with Gasteiger partial charge < -0.3 is 14.2 Å². The first-order chi connectivity index (χ1) is 8.43. The van der Waals surface area contributed by atoms with Crippen LogP contribution in [-0.2, 0) is 9.13 Å². The highest BCUT2D eigenvalue weighted by atomic mass is 31.2. The molecule has 0 fully saturated rings. The SMILES string of the molecule is Cc1cc(C=C(P(C)(C)=O)P(C)(C)=O)cc(C)c1O. The molecule has 0 saturated carbocycles. The molecule has 19 heavy (non-hydrogen) atoms. The van der Waals surface area contributed by atoms with E-state index in [4.69, 9.17) is 0 Å². The van der Waals surface area contributed by atoms with Crippen LogP contribution in [0, 0.1) is 13.8 Å². The van der Waals surface area contributed by atoms with Crippen molar-refractivity contribution in [3.05, 3.63) is 33.9 Å². The quantitative estimate of drug-likeness (QED) is 0.833. The molecule has 0 atom stereocenters. The Morgan fingerprint density at radius 1 is 1.00 bits per heavy atom. The predicted molar refractivity (Wildman–Crippen MR) is 84.5 cm³/mol. The van der Waals surface area contributed by atoms with Gasteiger partial charge in [0.2, 0.25) is 0 Å². The van der Waals surface area contributed by atoms with Gasteiger partial charge in [-0.25, -0.2) is 0 Å². The molecule has 0 heterocycles. The number of rotatable bonds is 3. The molecule has 3 nitrogen and oxygen atoms in total. The van der Waals surface area contributed by atoms with Crippen LogP contribution in [0.2, 0.25) is 0 Å². The second-order valence-corrected chi connectivity index (χ2v) is 12.4. The predicted octanol–water partition coefficient (Wildman–Crippen LogP) is 4.55. The molecule has 0 aromatic heterocycles. The average molecular weight is 300 g/mol. The Hall–Kier alpha value is -0.780. The summed E-state index contributed by atoms with van der Waals surface area (Å²) < 4.78 is 24.6. The molecule has 5 heteroatoms. The molecule has 0 amide bonds. The van der Waals surface area contributed by atoms with Crippen molar-refractivity contribution >= 4 is 20.4 Å². The Bertz CT molecular complexity index is 571. The summed E-state index contributed by atoms with van der Waals surface area (Å²) in [5.41, 5.74) is 2.35. The van der Waals surface area contributed by atoms with Crippen LogP contribution >= 0.6 is 14.3 Å². The van der Waals surface area contributed by atoms with E-state index < -0.39 is 14.3 Å². The second-order valence-electron chi connectivity index (χ2n) is 5.71. The molecule has 0 bridgehead atoms. The van der Waals surface area contributed by atoms with Gasteiger partial charge in [0, 0.05) is 5.06 Å². The van der Waals surface area contributed by atoms with E-state index >= 15 is 0 Å². The molecule has 0 unspecified atom stereocenters. The molecule has 0 saturated heterocycles. The summed E-state index contributed by atoms with van der Waals surface area (Å²) in [4.78, 5) is 0. The molecule has 106 valence electrons. The second kappa shape index (κ2) is 5.31. The molecular weight excluding hydrogens is 278 g/mol. The van der Waals surface area contributed by atoms with E-state index in [1.54, 1.807) is 32.7 Å². The fraction of sp³-hybridized carbons (Fsp3) is 0.429. The first-order valence-electron chi connectivity index (χ1n) is 6.06. The lowest BCUT2D eigenvalue weighted by Gasteiger charge is -2.17. The third-order valence-electron chi connectivity index (χ3n) is 2.91. The smallest absolute Gasteiger partial charge is 0.121 e. The van der Waals surface area contributed by atoms with Crippen LogP contribution in [0.4, 0.5) is 0 Å². The fourth-order valence-electron chi connectivity index (χ4n) is 2.11. The van der Waals surface area contributed by atoms with Gasteiger partial charge in [-0.2, -0.15) is 0 Å². The third-order valence-corrected chi connectivity index (χ3v) is 8.27. The topological polar surface area (TPSA) is 54.4 Å². The zero-order chi connectivity index (χ0) is 15.0. The van der Waals surface area contributed by atoms with Gasteiger partial charge in [-0.15, -0.1) is 0 Å². The average Bonchev–Trinajstić information content (AvgIpc) is 2.19. The lowest BCUT2D eigenvalue weighted by Crippen LogP contribution is -1.89. The van der Waals surface area contributed by atoms with E-state index in [1.165, 1.54) is 0 Å². The number of phenolic OH excluding ortho intramolecular Hbond substituents is 1. The summed E-state index contributed by atoms with van der Waals surface area (Å²) >= 11 is 0. The van der Waals surface area contributed by atoms with Crippen LogP contribution in [-0.4, -0.2) is 31.8 Å². The molecule has 1 aromatic carbocycles. The number of aryl methyl sites for hydroxylation is 2. The summed E-state index contributed by atoms with van der Waals surface area (Å²) in [7, 11) is -5.14. The number of phenols is 1. The zero-order valence-corrected chi connectivity index (χ0v) is 14.2. The van der Waals surface area contributed by atoms with E-state index in [-0.39, 0.29) is 5.75 Å². The molecular formula is C14H22O3P2. The molecule has 1 aromatic rings. The Morgan fingerprint density at radius 2 is 1.37 bits per heavy atom. The lowest BCUT2D eigenvalue weighted by molar-refractivity contribution is 0.467. The van der Waals surface area contributed by atoms with Crippen LogP contribution in [0.3, 0.4) is 0 Å². The van der Waals surface area contributed by atoms with E-state index in [1.807, 2.05) is 26.0 Å². The largest absolute Gasteiger partial charge is 0.507 e. The highest BCUT2D eigenvalue weighted by Gasteiger charge is 2.26. The van der Waals surface area contributed by atoms with Gasteiger partial charge in [-0.3, -0.25) is 0 Å². The van der Waals surface area contributed by atoms with Gasteiger partial charge in [0.1, 0.15) is 20.0 Å². The lowest BCUT2D eigenvalue weighted by atomic mass is 10.1. The Labute approximate surface area is 115 Å². The van der Waals surface area contributed by atoms with Crippen molar-refractivity contribution in [3.8, 4) is 5.75 Å². The molecule has 1 rings (SSSR count). The van der Waals surface area contributed by atoms with Gasteiger partial charge in [0.15, 0.2) is 0 Å². The number of hydrogen-bond donors (Lipinski definition) is 1. The summed E-state index contributed by atoms with van der Waals surface area (Å²) in [5, 5.41) is 10.3. The van der Waals surface area contributed by atoms with Gasteiger partial charge in [0.25, 0.3) is 0 Å². The fourth-order valence-corrected chi connectivity index (χ4v) is 7.67. The van der Waals surface area contributed by atoms with Gasteiger partial charge in [0.05, 0.1) is 0 Å². The Balaban J connectivity index is 3.49. The molecule has 0 aliphatic heterocycles. The maximum Gasteiger partial charge on any atom is 0.121 e. The molecule has 0 spiro atoms. The van der Waals surface area contributed by atoms with Crippen LogP contribution in [0.1, 0.15) is 16.7 Å². The first-order valence-corrected chi connectivity index (χ1v) is 11.3. The van der Waals surface area contributed by atoms with Crippen LogP contribution in [0.25, 0.3) is 6.08 Å². The minimum Gasteiger partial charge on any atom is -0.507 e. The van der Waals surface area contributed by atoms with Gasteiger partial charge in [-0.05, 0) is 75.4 Å². The van der Waals surface area contributed by atoms with Crippen LogP contribution in [0.5, 0.6) is 5.75 Å². The molecule has 0 aliphatic rings. The summed E-state index contributed by atoms with van der Waals surface area (Å²) in [6, 6.07) is 3.63. The Morgan fingerprint density at radius 3 is 1.68 bits per heavy atom. The van der Waals surface area contributed by atoms with Crippen molar-refractivity contribution in [1.82, 2.24) is 0 Å². The van der Waals surface area contributed by atoms with Crippen molar-refractivity contribution in [2.24, 2.45) is 0 Å². The standard InChI is InChI=1S/C14H22O3P2/c1-10-7-12(8-11(2)14(10)15)9-13(18(3,4)16)19(5,6)17/h7-9,15H,1-6H3. The summed E-state index contributed by atoms with van der Waals surface area (Å²) in [5.74, 6) is 0.269. The third kappa shape index (κ3) is 4.09. The van der Waals surface area contributed by atoms with Crippen LogP contribution < -0.4 is 0 Å². The maximum atomic E-state index is 12.3. The number of hydrogen-bond acceptors (Lipinski definition) is 3. The van der Waals surface area contributed by atoms with Gasteiger partial charge in [-0.1, -0.05) is 0 Å². The van der Waals surface area contributed by atoms with Crippen molar-refractivity contribution in [2.45, 2.75) is 13.8 Å². The highest BCUT2D eigenvalue weighted by Crippen LogP contribution is 2.65. The van der Waals surface area contributed by atoms with Crippen molar-refractivity contribution in [3.63, 3.8) is 0 Å². The molecule has 1 N–H and O–H groups in total. The van der Waals surface area contributed by atoms with Crippen molar-refractivity contribution in [1.29, 1.82) is 0 Å². The van der Waals surface area contributed by atoms with Crippen molar-refractivity contribution in [2.75, 3.05) is 26.7 Å². The van der Waals surface area contributed by atoms with E-state index in [0.717, 1.165) is 16.7 Å². The van der Waals surface area contributed by atoms with Gasteiger partial charge >= 0.3 is 0 Å². The zero-order valence-electron chi connectivity index (χ0n) is 12.4.